The second-order valence-corrected chi connectivity index (χ2v) is 9.42. The van der Waals surface area contributed by atoms with E-state index in [9.17, 15) is 13.2 Å². The lowest BCUT2D eigenvalue weighted by Crippen LogP contribution is -2.13. The first-order valence-electron chi connectivity index (χ1n) is 9.69. The fraction of sp³-hybridized carbons (Fsp3) is 0.0909. The van der Waals surface area contributed by atoms with Gasteiger partial charge in [-0.1, -0.05) is 23.4 Å². The lowest BCUT2D eigenvalue weighted by molar-refractivity contribution is 0.104. The minimum atomic E-state index is -3.76. The molecule has 0 bridgehead atoms. The van der Waals surface area contributed by atoms with Crippen molar-refractivity contribution in [3.8, 4) is 11.4 Å². The number of thiazole rings is 1. The molecule has 9 nitrogen and oxygen atoms in total. The number of anilines is 1. The molecule has 0 amide bonds. The van der Waals surface area contributed by atoms with Gasteiger partial charge in [0.1, 0.15) is 5.75 Å². The number of allylic oxidation sites excluding steroid dienone is 1. The van der Waals surface area contributed by atoms with Crippen LogP contribution in [0.4, 0.5) is 5.13 Å². The maximum Gasteiger partial charge on any atom is 0.263 e. The zero-order chi connectivity index (χ0) is 23.4. The van der Waals surface area contributed by atoms with Crippen molar-refractivity contribution in [3.05, 3.63) is 83.1 Å². The summed E-state index contributed by atoms with van der Waals surface area (Å²) >= 11 is 1.19. The molecule has 2 aromatic heterocycles. The topological polar surface area (TPSA) is 116 Å². The third kappa shape index (κ3) is 4.99. The number of sulfonamides is 1. The van der Waals surface area contributed by atoms with Crippen LogP contribution in [-0.2, 0) is 10.0 Å². The first-order chi connectivity index (χ1) is 15.9. The molecule has 0 aliphatic heterocycles. The Labute approximate surface area is 194 Å². The molecule has 0 saturated heterocycles. The third-order valence-electron chi connectivity index (χ3n) is 4.72. The lowest BCUT2D eigenvalue weighted by atomic mass is 10.1. The van der Waals surface area contributed by atoms with Crippen LogP contribution in [0, 0.1) is 6.92 Å². The van der Waals surface area contributed by atoms with Crippen molar-refractivity contribution >= 4 is 38.4 Å². The molecule has 33 heavy (non-hydrogen) atoms. The molecule has 4 aromatic rings. The smallest absolute Gasteiger partial charge is 0.263 e. The Balaban J connectivity index is 1.51. The number of ether oxygens (including phenoxy) is 1. The standard InChI is InChI=1S/C22H19N5O4S2/c1-15-21(20(28)12-5-16-3-8-18(31-2)9-4-16)24-26-27(15)17-6-10-19(11-7-17)33(29,30)25-22-23-13-14-32-22/h3-14H,1-2H3,(H,23,25)/b12-5+. The molecule has 168 valence electrons. The van der Waals surface area contributed by atoms with Gasteiger partial charge in [-0.05, 0) is 55.0 Å². The number of nitrogens with one attached hydrogen (secondary N) is 1. The van der Waals surface area contributed by atoms with Crippen LogP contribution >= 0.6 is 11.3 Å². The molecule has 11 heteroatoms. The number of hydrogen-bond donors (Lipinski definition) is 1. The molecule has 0 spiro atoms. The summed E-state index contributed by atoms with van der Waals surface area (Å²) in [5.41, 5.74) is 2.17. The van der Waals surface area contributed by atoms with Gasteiger partial charge < -0.3 is 4.74 Å². The molecule has 0 fully saturated rings. The van der Waals surface area contributed by atoms with E-state index < -0.39 is 10.0 Å². The molecule has 0 radical (unpaired) electrons. The largest absolute Gasteiger partial charge is 0.497 e. The SMILES string of the molecule is COc1ccc(/C=C/C(=O)c2nnn(-c3ccc(S(=O)(=O)Nc4nccs4)cc3)c2C)cc1. The highest BCUT2D eigenvalue weighted by molar-refractivity contribution is 7.93. The minimum Gasteiger partial charge on any atom is -0.497 e. The summed E-state index contributed by atoms with van der Waals surface area (Å²) in [5, 5.41) is 10.0. The van der Waals surface area contributed by atoms with E-state index >= 15 is 0 Å². The molecule has 0 saturated carbocycles. The maximum absolute atomic E-state index is 12.6. The number of ketones is 1. The summed E-state index contributed by atoms with van der Waals surface area (Å²) < 4.78 is 34.0. The predicted octanol–water partition coefficient (Wildman–Crippen LogP) is 3.74. The minimum absolute atomic E-state index is 0.0814. The zero-order valence-corrected chi connectivity index (χ0v) is 19.3. The second-order valence-electron chi connectivity index (χ2n) is 6.84. The van der Waals surface area contributed by atoms with Crippen LogP contribution in [0.25, 0.3) is 11.8 Å². The van der Waals surface area contributed by atoms with Crippen molar-refractivity contribution in [1.29, 1.82) is 0 Å². The Morgan fingerprint density at radius 3 is 2.48 bits per heavy atom. The molecule has 0 aliphatic rings. The predicted molar refractivity (Wildman–Crippen MR) is 125 cm³/mol. The third-order valence-corrected chi connectivity index (χ3v) is 6.89. The zero-order valence-electron chi connectivity index (χ0n) is 17.7. The van der Waals surface area contributed by atoms with Gasteiger partial charge in [0, 0.05) is 11.6 Å². The van der Waals surface area contributed by atoms with E-state index in [1.54, 1.807) is 37.6 Å². The number of hydrogen-bond acceptors (Lipinski definition) is 8. The van der Waals surface area contributed by atoms with Gasteiger partial charge in [-0.25, -0.2) is 18.1 Å². The molecule has 0 atom stereocenters. The average Bonchev–Trinajstić information content (AvgIpc) is 3.47. The molecular formula is C22H19N5O4S2. The van der Waals surface area contributed by atoms with Crippen LogP contribution in [0.1, 0.15) is 21.7 Å². The first-order valence-corrected chi connectivity index (χ1v) is 12.1. The van der Waals surface area contributed by atoms with Crippen molar-refractivity contribution < 1.29 is 17.9 Å². The van der Waals surface area contributed by atoms with Crippen LogP contribution in [0.2, 0.25) is 0 Å². The van der Waals surface area contributed by atoms with Gasteiger partial charge in [0.25, 0.3) is 10.0 Å². The highest BCUT2D eigenvalue weighted by Crippen LogP contribution is 2.20. The normalized spacial score (nSPS) is 11.6. The van der Waals surface area contributed by atoms with Crippen LogP contribution < -0.4 is 9.46 Å². The summed E-state index contributed by atoms with van der Waals surface area (Å²) in [7, 11) is -2.17. The summed E-state index contributed by atoms with van der Waals surface area (Å²) in [6.45, 7) is 1.73. The Hall–Kier alpha value is -3.83. The summed E-state index contributed by atoms with van der Waals surface area (Å²) in [4.78, 5) is 16.6. The number of methoxy groups -OCH3 is 1. The van der Waals surface area contributed by atoms with Crippen molar-refractivity contribution in [2.75, 3.05) is 11.8 Å². The van der Waals surface area contributed by atoms with Crippen molar-refractivity contribution in [3.63, 3.8) is 0 Å². The van der Waals surface area contributed by atoms with E-state index in [1.165, 1.54) is 40.4 Å². The molecule has 4 rings (SSSR count). The Kier molecular flexibility index (Phi) is 6.33. The Bertz CT molecular complexity index is 1390. The van der Waals surface area contributed by atoms with Crippen molar-refractivity contribution in [1.82, 2.24) is 20.0 Å². The van der Waals surface area contributed by atoms with E-state index in [1.807, 2.05) is 24.3 Å². The second kappa shape index (κ2) is 9.35. The first kappa shape index (κ1) is 22.4. The summed E-state index contributed by atoms with van der Waals surface area (Å²) in [5.74, 6) is 0.441. The lowest BCUT2D eigenvalue weighted by Gasteiger charge is -2.07. The summed E-state index contributed by atoms with van der Waals surface area (Å²) in [6, 6.07) is 13.4. The van der Waals surface area contributed by atoms with Crippen LogP contribution in [0.15, 0.2) is 71.1 Å². The number of aromatic nitrogens is 4. The average molecular weight is 482 g/mol. The van der Waals surface area contributed by atoms with Crippen LogP contribution in [0.3, 0.4) is 0 Å². The van der Waals surface area contributed by atoms with Crippen LogP contribution in [-0.4, -0.2) is 41.3 Å². The van der Waals surface area contributed by atoms with Gasteiger partial charge in [0.15, 0.2) is 10.8 Å². The fourth-order valence-corrected chi connectivity index (χ4v) is 4.77. The highest BCUT2D eigenvalue weighted by Gasteiger charge is 2.18. The van der Waals surface area contributed by atoms with Crippen molar-refractivity contribution in [2.45, 2.75) is 11.8 Å². The van der Waals surface area contributed by atoms with Gasteiger partial charge in [0.05, 0.1) is 23.4 Å². The molecule has 0 unspecified atom stereocenters. The molecule has 2 aromatic carbocycles. The quantitative estimate of drug-likeness (QED) is 0.301. The van der Waals surface area contributed by atoms with Gasteiger partial charge in [-0.3, -0.25) is 9.52 Å². The van der Waals surface area contributed by atoms with E-state index in [0.29, 0.717) is 11.4 Å². The number of nitrogens with zero attached hydrogens (tertiary/aromatic N) is 4. The van der Waals surface area contributed by atoms with E-state index in [4.69, 9.17) is 4.74 Å². The van der Waals surface area contributed by atoms with Gasteiger partial charge in [-0.2, -0.15) is 0 Å². The van der Waals surface area contributed by atoms with E-state index in [2.05, 4.69) is 20.0 Å². The van der Waals surface area contributed by atoms with Gasteiger partial charge in [-0.15, -0.1) is 16.4 Å². The molecular weight excluding hydrogens is 462 g/mol. The van der Waals surface area contributed by atoms with E-state index in [0.717, 1.165) is 11.3 Å². The van der Waals surface area contributed by atoms with E-state index in [-0.39, 0.29) is 21.5 Å². The fourth-order valence-electron chi connectivity index (χ4n) is 2.98. The molecule has 2 heterocycles. The number of benzene rings is 2. The van der Waals surface area contributed by atoms with Gasteiger partial charge >= 0.3 is 0 Å². The number of carbonyl (C=O) groups excluding carboxylic acids is 1. The van der Waals surface area contributed by atoms with Crippen LogP contribution in [0.5, 0.6) is 5.75 Å². The highest BCUT2D eigenvalue weighted by atomic mass is 32.2. The van der Waals surface area contributed by atoms with Gasteiger partial charge in [0.2, 0.25) is 5.78 Å². The van der Waals surface area contributed by atoms with Crippen molar-refractivity contribution in [2.24, 2.45) is 0 Å². The number of rotatable bonds is 8. The monoisotopic (exact) mass is 481 g/mol. The molecule has 0 aliphatic carbocycles. The Morgan fingerprint density at radius 1 is 1.12 bits per heavy atom. The molecule has 1 N–H and O–H groups in total. The maximum atomic E-state index is 12.6. The number of carbonyl (C=O) groups is 1. The summed E-state index contributed by atoms with van der Waals surface area (Å²) in [6.07, 6.45) is 4.64. The Morgan fingerprint density at radius 2 is 1.85 bits per heavy atom.